The predicted molar refractivity (Wildman–Crippen MR) is 239 cm³/mol. The molecule has 0 fully saturated rings. The number of benzene rings is 8. The van der Waals surface area contributed by atoms with E-state index in [1.165, 1.54) is 30.9 Å². The highest BCUT2D eigenvalue weighted by atomic mass is 32.1. The van der Waals surface area contributed by atoms with Gasteiger partial charge in [0.2, 0.25) is 0 Å². The lowest BCUT2D eigenvalue weighted by molar-refractivity contribution is 1.06. The number of fused-ring (bicyclic) bond motifs is 6. The molecule has 0 bridgehead atoms. The van der Waals surface area contributed by atoms with Crippen molar-refractivity contribution in [3.63, 3.8) is 0 Å². The highest BCUT2D eigenvalue weighted by molar-refractivity contribution is 7.25. The van der Waals surface area contributed by atoms with Gasteiger partial charge in [0.15, 0.2) is 17.5 Å². The Bertz CT molecular complexity index is 3370. The molecule has 0 radical (unpaired) electrons. The molecule has 270 valence electrons. The molecule has 0 saturated carbocycles. The van der Waals surface area contributed by atoms with Crippen molar-refractivity contribution in [1.29, 1.82) is 5.26 Å². The zero-order valence-electron chi connectivity index (χ0n) is 31.0. The van der Waals surface area contributed by atoms with Gasteiger partial charge in [-0.2, -0.15) is 5.26 Å². The van der Waals surface area contributed by atoms with Crippen LogP contribution in [0.2, 0.25) is 0 Å². The standard InChI is InChI=1S/C52H31N5S/c53-32-33-12-10-16-38(28-33)50-54-51(39-17-11-15-35(29-39)36-25-27-49-44(30-36)42-20-6-9-23-48(42)58-49)56-52(55-50)43-26-24-37(34-13-2-1-3-14-34)31-47(43)57-45-21-7-4-18-40(45)41-19-5-8-22-46(41)57/h1-31H. The fourth-order valence-corrected chi connectivity index (χ4v) is 9.21. The lowest BCUT2D eigenvalue weighted by Gasteiger charge is -2.16. The molecule has 6 heteroatoms. The molecule has 11 rings (SSSR count). The van der Waals surface area contributed by atoms with E-state index in [9.17, 15) is 5.26 Å². The minimum absolute atomic E-state index is 0.494. The second kappa shape index (κ2) is 13.8. The zero-order chi connectivity index (χ0) is 38.6. The first-order chi connectivity index (χ1) is 28.7. The van der Waals surface area contributed by atoms with Crippen molar-refractivity contribution in [2.45, 2.75) is 0 Å². The summed E-state index contributed by atoms with van der Waals surface area (Å²) in [6.45, 7) is 0. The number of para-hydroxylation sites is 2. The van der Waals surface area contributed by atoms with Gasteiger partial charge in [-0.05, 0) is 82.9 Å². The van der Waals surface area contributed by atoms with Crippen molar-refractivity contribution >= 4 is 53.3 Å². The molecular formula is C52H31N5S. The van der Waals surface area contributed by atoms with Crippen LogP contribution in [0.25, 0.3) is 104 Å². The minimum atomic E-state index is 0.494. The third-order valence-corrected chi connectivity index (χ3v) is 12.0. The Morgan fingerprint density at radius 3 is 1.71 bits per heavy atom. The summed E-state index contributed by atoms with van der Waals surface area (Å²) < 4.78 is 4.88. The normalized spacial score (nSPS) is 11.4. The molecule has 0 spiro atoms. The van der Waals surface area contributed by atoms with Gasteiger partial charge in [0.25, 0.3) is 0 Å². The highest BCUT2D eigenvalue weighted by Gasteiger charge is 2.21. The lowest BCUT2D eigenvalue weighted by atomic mass is 10.00. The molecule has 0 saturated heterocycles. The average Bonchev–Trinajstić information content (AvgIpc) is 3.84. The smallest absolute Gasteiger partial charge is 0.166 e. The largest absolute Gasteiger partial charge is 0.308 e. The maximum absolute atomic E-state index is 9.85. The monoisotopic (exact) mass is 757 g/mol. The van der Waals surface area contributed by atoms with Crippen LogP contribution in [0.4, 0.5) is 0 Å². The summed E-state index contributed by atoms with van der Waals surface area (Å²) in [6, 6.07) is 67.5. The Hall–Kier alpha value is -7.72. The molecule has 3 aromatic heterocycles. The van der Waals surface area contributed by atoms with Gasteiger partial charge in [-0.25, -0.2) is 15.0 Å². The Morgan fingerprint density at radius 1 is 0.397 bits per heavy atom. The molecule has 5 nitrogen and oxygen atoms in total. The number of aromatic nitrogens is 4. The number of nitrogens with zero attached hydrogens (tertiary/aromatic N) is 5. The van der Waals surface area contributed by atoms with Gasteiger partial charge in [0.1, 0.15) is 0 Å². The number of nitriles is 1. The number of hydrogen-bond donors (Lipinski definition) is 0. The molecule has 0 unspecified atom stereocenters. The molecule has 0 aliphatic heterocycles. The third kappa shape index (κ3) is 5.73. The van der Waals surface area contributed by atoms with Crippen molar-refractivity contribution in [2.75, 3.05) is 0 Å². The second-order valence-electron chi connectivity index (χ2n) is 14.4. The van der Waals surface area contributed by atoms with Crippen LogP contribution in [-0.2, 0) is 0 Å². The Balaban J connectivity index is 1.14. The van der Waals surface area contributed by atoms with Crippen molar-refractivity contribution in [3.8, 4) is 68.2 Å². The molecular weight excluding hydrogens is 727 g/mol. The third-order valence-electron chi connectivity index (χ3n) is 10.9. The fourth-order valence-electron chi connectivity index (χ4n) is 8.12. The summed E-state index contributed by atoms with van der Waals surface area (Å²) in [5, 5.41) is 14.7. The predicted octanol–water partition coefficient (Wildman–Crippen LogP) is 13.5. The molecule has 0 aliphatic rings. The zero-order valence-corrected chi connectivity index (χ0v) is 31.9. The summed E-state index contributed by atoms with van der Waals surface area (Å²) >= 11 is 1.82. The summed E-state index contributed by atoms with van der Waals surface area (Å²) in [6.07, 6.45) is 0. The molecule has 11 aromatic rings. The Labute approximate surface area is 338 Å². The van der Waals surface area contributed by atoms with Crippen LogP contribution in [0.5, 0.6) is 0 Å². The van der Waals surface area contributed by atoms with E-state index in [0.29, 0.717) is 23.0 Å². The van der Waals surface area contributed by atoms with Crippen LogP contribution in [0.3, 0.4) is 0 Å². The van der Waals surface area contributed by atoms with Crippen molar-refractivity contribution in [1.82, 2.24) is 19.5 Å². The first-order valence-corrected chi connectivity index (χ1v) is 20.0. The molecule has 58 heavy (non-hydrogen) atoms. The van der Waals surface area contributed by atoms with Gasteiger partial charge in [0.05, 0.1) is 28.4 Å². The average molecular weight is 758 g/mol. The maximum atomic E-state index is 9.85. The topological polar surface area (TPSA) is 67.4 Å². The number of hydrogen-bond acceptors (Lipinski definition) is 5. The highest BCUT2D eigenvalue weighted by Crippen LogP contribution is 2.40. The van der Waals surface area contributed by atoms with Crippen LogP contribution in [0.15, 0.2) is 188 Å². The van der Waals surface area contributed by atoms with E-state index < -0.39 is 0 Å². The fraction of sp³-hybridized carbons (Fsp3) is 0. The van der Waals surface area contributed by atoms with Gasteiger partial charge in [-0.1, -0.05) is 127 Å². The molecule has 0 aliphatic carbocycles. The molecule has 8 aromatic carbocycles. The SMILES string of the molecule is N#Cc1cccc(-c2nc(-c3cccc(-c4ccc5sc6ccccc6c5c4)c3)nc(-c3ccc(-c4ccccc4)cc3-n3c4ccccc4c4ccccc43)n2)c1. The van der Waals surface area contributed by atoms with Gasteiger partial charge in [0, 0.05) is 47.6 Å². The van der Waals surface area contributed by atoms with Gasteiger partial charge in [-0.15, -0.1) is 11.3 Å². The molecule has 0 N–H and O–H groups in total. The molecule has 0 amide bonds. The van der Waals surface area contributed by atoms with E-state index in [1.54, 1.807) is 6.07 Å². The van der Waals surface area contributed by atoms with Crippen LogP contribution in [0.1, 0.15) is 5.56 Å². The summed E-state index contributed by atoms with van der Waals surface area (Å²) in [5.74, 6) is 1.58. The van der Waals surface area contributed by atoms with Gasteiger partial charge < -0.3 is 4.57 Å². The summed E-state index contributed by atoms with van der Waals surface area (Å²) in [4.78, 5) is 15.6. The Kier molecular flexibility index (Phi) is 7.99. The van der Waals surface area contributed by atoms with Crippen LogP contribution < -0.4 is 0 Å². The van der Waals surface area contributed by atoms with E-state index in [1.807, 2.05) is 35.6 Å². The molecule has 3 heterocycles. The van der Waals surface area contributed by atoms with Gasteiger partial charge >= 0.3 is 0 Å². The lowest BCUT2D eigenvalue weighted by Crippen LogP contribution is -2.04. The van der Waals surface area contributed by atoms with Crippen LogP contribution >= 0.6 is 11.3 Å². The van der Waals surface area contributed by atoms with Crippen molar-refractivity contribution in [2.24, 2.45) is 0 Å². The first kappa shape index (κ1) is 33.6. The first-order valence-electron chi connectivity index (χ1n) is 19.2. The van der Waals surface area contributed by atoms with Crippen molar-refractivity contribution in [3.05, 3.63) is 194 Å². The van der Waals surface area contributed by atoms with E-state index in [0.717, 1.165) is 55.7 Å². The maximum Gasteiger partial charge on any atom is 0.166 e. The van der Waals surface area contributed by atoms with Crippen molar-refractivity contribution < 1.29 is 0 Å². The van der Waals surface area contributed by atoms with E-state index in [4.69, 9.17) is 15.0 Å². The Morgan fingerprint density at radius 2 is 0.948 bits per heavy atom. The number of thiophene rings is 1. The number of rotatable bonds is 6. The minimum Gasteiger partial charge on any atom is -0.308 e. The quantitative estimate of drug-likeness (QED) is 0.169. The second-order valence-corrected chi connectivity index (χ2v) is 15.4. The molecule has 0 atom stereocenters. The van der Waals surface area contributed by atoms with Gasteiger partial charge in [-0.3, -0.25) is 0 Å². The van der Waals surface area contributed by atoms with Crippen LogP contribution in [-0.4, -0.2) is 19.5 Å². The summed E-state index contributed by atoms with van der Waals surface area (Å²) in [5.41, 5.74) is 10.6. The van der Waals surface area contributed by atoms with Crippen LogP contribution in [0, 0.1) is 11.3 Å². The van der Waals surface area contributed by atoms with E-state index in [-0.39, 0.29) is 0 Å². The van der Waals surface area contributed by atoms with E-state index in [2.05, 4.69) is 168 Å². The summed E-state index contributed by atoms with van der Waals surface area (Å²) in [7, 11) is 0. The van der Waals surface area contributed by atoms with E-state index >= 15 is 0 Å².